The van der Waals surface area contributed by atoms with Gasteiger partial charge in [0.2, 0.25) is 5.91 Å². The van der Waals surface area contributed by atoms with Gasteiger partial charge in [-0.3, -0.25) is 4.79 Å². The highest BCUT2D eigenvalue weighted by molar-refractivity contribution is 5.83. The van der Waals surface area contributed by atoms with E-state index in [4.69, 9.17) is 0 Å². The molecule has 0 bridgehead atoms. The van der Waals surface area contributed by atoms with Crippen molar-refractivity contribution in [2.24, 2.45) is 11.3 Å². The number of carbonyl (C=O) groups excluding carboxylic acids is 1. The Balaban J connectivity index is 1.62. The third-order valence-electron chi connectivity index (χ3n) is 4.53. The highest BCUT2D eigenvalue weighted by Crippen LogP contribution is 2.59. The van der Waals surface area contributed by atoms with Crippen LogP contribution in [0.25, 0.3) is 0 Å². The molecule has 1 amide bonds. The number of hydrogen-bond acceptors (Lipinski definition) is 2. The molecule has 0 aromatic rings. The van der Waals surface area contributed by atoms with E-state index in [1.807, 2.05) is 11.9 Å². The Morgan fingerprint density at radius 1 is 1.33 bits per heavy atom. The zero-order valence-electron chi connectivity index (χ0n) is 9.46. The lowest BCUT2D eigenvalue weighted by Crippen LogP contribution is -2.35. The smallest absolute Gasteiger partial charge is 0.226 e. The fraction of sp³-hybridized carbons (Fsp3) is 0.917. The van der Waals surface area contributed by atoms with Crippen LogP contribution in [0.2, 0.25) is 0 Å². The summed E-state index contributed by atoms with van der Waals surface area (Å²) in [6, 6.07) is 0.580. The van der Waals surface area contributed by atoms with Crippen molar-refractivity contribution in [3.63, 3.8) is 0 Å². The van der Waals surface area contributed by atoms with Gasteiger partial charge in [-0.15, -0.1) is 0 Å². The molecule has 1 atom stereocenters. The van der Waals surface area contributed by atoms with Crippen molar-refractivity contribution in [3.8, 4) is 0 Å². The minimum atomic E-state index is 0.366. The first-order chi connectivity index (χ1) is 7.23. The molecule has 1 aliphatic heterocycles. The predicted molar refractivity (Wildman–Crippen MR) is 58.4 cm³/mol. The summed E-state index contributed by atoms with van der Waals surface area (Å²) in [6.45, 7) is 2.22. The molecular formula is C12H20N2O. The quantitative estimate of drug-likeness (QED) is 0.734. The Morgan fingerprint density at radius 3 is 2.60 bits per heavy atom. The van der Waals surface area contributed by atoms with E-state index >= 15 is 0 Å². The maximum atomic E-state index is 12.2. The second kappa shape index (κ2) is 3.21. The summed E-state index contributed by atoms with van der Waals surface area (Å²) in [5, 5.41) is 3.38. The van der Waals surface area contributed by atoms with Gasteiger partial charge in [-0.25, -0.2) is 0 Å². The Bertz CT molecular complexity index is 279. The molecular weight excluding hydrogens is 188 g/mol. The Kier molecular flexibility index (Phi) is 2.06. The number of amides is 1. The Hall–Kier alpha value is -0.570. The lowest BCUT2D eigenvalue weighted by molar-refractivity contribution is -0.132. The molecule has 1 spiro atoms. The van der Waals surface area contributed by atoms with Crippen LogP contribution in [-0.4, -0.2) is 37.0 Å². The maximum Gasteiger partial charge on any atom is 0.226 e. The first-order valence-corrected chi connectivity index (χ1v) is 6.20. The summed E-state index contributed by atoms with van der Waals surface area (Å²) in [5.41, 5.74) is 0.408. The van der Waals surface area contributed by atoms with Crippen LogP contribution in [-0.2, 0) is 4.79 Å². The van der Waals surface area contributed by atoms with Gasteiger partial charge in [0, 0.05) is 19.0 Å². The van der Waals surface area contributed by atoms with E-state index < -0.39 is 0 Å². The van der Waals surface area contributed by atoms with E-state index in [0.29, 0.717) is 23.3 Å². The summed E-state index contributed by atoms with van der Waals surface area (Å²) in [5.74, 6) is 0.796. The van der Waals surface area contributed by atoms with Crippen LogP contribution < -0.4 is 5.32 Å². The second-order valence-corrected chi connectivity index (χ2v) is 5.55. The monoisotopic (exact) mass is 208 g/mol. The third kappa shape index (κ3) is 1.57. The summed E-state index contributed by atoms with van der Waals surface area (Å²) in [6.07, 6.45) is 6.03. The molecule has 2 aliphatic carbocycles. The standard InChI is InChI=1S/C12H20N2O/c1-14(9-2-3-9)11(15)10-8-12(10)4-6-13-7-5-12/h9-10,13H,2-8H2,1H3/t10-/m1/s1. The maximum absolute atomic E-state index is 12.2. The predicted octanol–water partition coefficient (Wildman–Crippen LogP) is 0.997. The lowest BCUT2D eigenvalue weighted by atomic mass is 9.91. The van der Waals surface area contributed by atoms with Crippen LogP contribution in [0.4, 0.5) is 0 Å². The molecule has 1 N–H and O–H groups in total. The Labute approximate surface area is 91.2 Å². The van der Waals surface area contributed by atoms with Gasteiger partial charge in [0.05, 0.1) is 0 Å². The number of piperidine rings is 1. The molecule has 15 heavy (non-hydrogen) atoms. The molecule has 0 aromatic heterocycles. The molecule has 3 heteroatoms. The first kappa shape index (κ1) is 9.64. The highest BCUT2D eigenvalue weighted by Gasteiger charge is 2.58. The van der Waals surface area contributed by atoms with Crippen LogP contribution >= 0.6 is 0 Å². The Morgan fingerprint density at radius 2 is 2.00 bits per heavy atom. The van der Waals surface area contributed by atoms with Crippen molar-refractivity contribution >= 4 is 5.91 Å². The molecule has 0 unspecified atom stereocenters. The largest absolute Gasteiger partial charge is 0.343 e. The van der Waals surface area contributed by atoms with E-state index in [0.717, 1.165) is 19.5 Å². The van der Waals surface area contributed by atoms with Gasteiger partial charge >= 0.3 is 0 Å². The molecule has 84 valence electrons. The van der Waals surface area contributed by atoms with E-state index in [-0.39, 0.29) is 0 Å². The molecule has 3 fully saturated rings. The molecule has 3 rings (SSSR count). The van der Waals surface area contributed by atoms with Gasteiger partial charge in [-0.2, -0.15) is 0 Å². The molecule has 0 aromatic carbocycles. The fourth-order valence-corrected chi connectivity index (χ4v) is 3.06. The van der Waals surface area contributed by atoms with Crippen LogP contribution in [0.5, 0.6) is 0 Å². The topological polar surface area (TPSA) is 32.3 Å². The highest BCUT2D eigenvalue weighted by atomic mass is 16.2. The first-order valence-electron chi connectivity index (χ1n) is 6.20. The SMILES string of the molecule is CN(C(=O)[C@H]1CC12CCNCC2)C1CC1. The molecule has 2 saturated carbocycles. The fourth-order valence-electron chi connectivity index (χ4n) is 3.06. The minimum absolute atomic E-state index is 0.366. The molecule has 1 saturated heterocycles. The molecule has 3 nitrogen and oxygen atoms in total. The summed E-state index contributed by atoms with van der Waals surface area (Å²) < 4.78 is 0. The van der Waals surface area contributed by atoms with Crippen molar-refractivity contribution in [2.45, 2.75) is 38.1 Å². The van der Waals surface area contributed by atoms with E-state index in [1.165, 1.54) is 25.7 Å². The normalized spacial score (nSPS) is 32.7. The molecule has 0 radical (unpaired) electrons. The zero-order chi connectivity index (χ0) is 10.5. The number of nitrogens with one attached hydrogen (secondary N) is 1. The van der Waals surface area contributed by atoms with Gasteiger partial charge < -0.3 is 10.2 Å². The van der Waals surface area contributed by atoms with Gasteiger partial charge in [-0.05, 0) is 50.6 Å². The molecule has 1 heterocycles. The third-order valence-corrected chi connectivity index (χ3v) is 4.53. The van der Waals surface area contributed by atoms with Crippen molar-refractivity contribution in [1.82, 2.24) is 10.2 Å². The summed E-state index contributed by atoms with van der Waals surface area (Å²) >= 11 is 0. The number of rotatable bonds is 2. The van der Waals surface area contributed by atoms with Crippen LogP contribution in [0, 0.1) is 11.3 Å². The van der Waals surface area contributed by atoms with Crippen LogP contribution in [0.1, 0.15) is 32.1 Å². The average molecular weight is 208 g/mol. The van der Waals surface area contributed by atoms with Gasteiger partial charge in [-0.1, -0.05) is 0 Å². The average Bonchev–Trinajstić information content (AvgIpc) is 3.13. The van der Waals surface area contributed by atoms with Gasteiger partial charge in [0.15, 0.2) is 0 Å². The van der Waals surface area contributed by atoms with Crippen molar-refractivity contribution in [2.75, 3.05) is 20.1 Å². The number of nitrogens with zero attached hydrogens (tertiary/aromatic N) is 1. The van der Waals surface area contributed by atoms with E-state index in [1.54, 1.807) is 0 Å². The number of carbonyl (C=O) groups is 1. The van der Waals surface area contributed by atoms with Crippen LogP contribution in [0.15, 0.2) is 0 Å². The molecule has 3 aliphatic rings. The number of hydrogen-bond donors (Lipinski definition) is 1. The minimum Gasteiger partial charge on any atom is -0.343 e. The van der Waals surface area contributed by atoms with Crippen LogP contribution in [0.3, 0.4) is 0 Å². The summed E-state index contributed by atoms with van der Waals surface area (Å²) in [4.78, 5) is 14.2. The van der Waals surface area contributed by atoms with Crippen molar-refractivity contribution in [3.05, 3.63) is 0 Å². The van der Waals surface area contributed by atoms with Crippen molar-refractivity contribution < 1.29 is 4.79 Å². The second-order valence-electron chi connectivity index (χ2n) is 5.55. The van der Waals surface area contributed by atoms with Gasteiger partial charge in [0.1, 0.15) is 0 Å². The van der Waals surface area contributed by atoms with Gasteiger partial charge in [0.25, 0.3) is 0 Å². The summed E-state index contributed by atoms with van der Waals surface area (Å²) in [7, 11) is 1.99. The van der Waals surface area contributed by atoms with Crippen molar-refractivity contribution in [1.29, 1.82) is 0 Å². The van der Waals surface area contributed by atoms with E-state index in [9.17, 15) is 4.79 Å². The van der Waals surface area contributed by atoms with E-state index in [2.05, 4.69) is 5.32 Å². The zero-order valence-corrected chi connectivity index (χ0v) is 9.46. The lowest BCUT2D eigenvalue weighted by Gasteiger charge is -2.25.